The number of benzene rings is 1. The zero-order valence-electron chi connectivity index (χ0n) is 11.8. The molecule has 1 aliphatic carbocycles. The Balaban J connectivity index is 1.82. The molecular formula is C17H24O2. The van der Waals surface area contributed by atoms with Crippen molar-refractivity contribution < 1.29 is 9.84 Å². The standard InChI is InChI=1S/C17H24O2/c1-2-12-8-9-14(11-12)16(18)15-7-3-5-13-6-4-10-19-17(13)15/h3,5,7,12,14,16,18H,2,4,6,8-11H2,1H3. The van der Waals surface area contributed by atoms with Crippen LogP contribution in [0.4, 0.5) is 0 Å². The van der Waals surface area contributed by atoms with E-state index in [9.17, 15) is 5.11 Å². The first kappa shape index (κ1) is 13.0. The average molecular weight is 260 g/mol. The van der Waals surface area contributed by atoms with Gasteiger partial charge < -0.3 is 9.84 Å². The number of hydrogen-bond donors (Lipinski definition) is 1. The molecule has 2 aliphatic rings. The summed E-state index contributed by atoms with van der Waals surface area (Å²) < 4.78 is 5.83. The molecule has 1 fully saturated rings. The van der Waals surface area contributed by atoms with Crippen molar-refractivity contribution in [3.05, 3.63) is 29.3 Å². The summed E-state index contributed by atoms with van der Waals surface area (Å²) in [7, 11) is 0. The SMILES string of the molecule is CCC1CCC(C(O)c2cccc3c2OCCC3)C1. The number of hydrogen-bond acceptors (Lipinski definition) is 2. The monoisotopic (exact) mass is 260 g/mol. The van der Waals surface area contributed by atoms with Crippen LogP contribution >= 0.6 is 0 Å². The second kappa shape index (κ2) is 5.54. The average Bonchev–Trinajstić information content (AvgIpc) is 2.95. The third-order valence-electron chi connectivity index (χ3n) is 4.89. The largest absolute Gasteiger partial charge is 0.493 e. The normalized spacial score (nSPS) is 27.7. The summed E-state index contributed by atoms with van der Waals surface area (Å²) in [4.78, 5) is 0. The van der Waals surface area contributed by atoms with Gasteiger partial charge in [-0.05, 0) is 43.1 Å². The first-order valence-electron chi connectivity index (χ1n) is 7.72. The van der Waals surface area contributed by atoms with Gasteiger partial charge in [0.1, 0.15) is 5.75 Å². The highest BCUT2D eigenvalue weighted by atomic mass is 16.5. The molecule has 0 amide bonds. The number of aliphatic hydroxyl groups is 1. The molecule has 1 saturated carbocycles. The predicted octanol–water partition coefficient (Wildman–Crippen LogP) is 3.87. The van der Waals surface area contributed by atoms with Gasteiger partial charge in [-0.2, -0.15) is 0 Å². The first-order valence-corrected chi connectivity index (χ1v) is 7.72. The Morgan fingerprint density at radius 2 is 2.26 bits per heavy atom. The number of rotatable bonds is 3. The highest BCUT2D eigenvalue weighted by molar-refractivity contribution is 5.44. The molecule has 0 aromatic heterocycles. The fraction of sp³-hybridized carbons (Fsp3) is 0.647. The van der Waals surface area contributed by atoms with E-state index in [0.717, 1.165) is 43.1 Å². The van der Waals surface area contributed by atoms with E-state index in [1.807, 2.05) is 6.07 Å². The second-order valence-electron chi connectivity index (χ2n) is 6.08. The van der Waals surface area contributed by atoms with Gasteiger partial charge in [0, 0.05) is 5.56 Å². The quantitative estimate of drug-likeness (QED) is 0.894. The van der Waals surface area contributed by atoms with Crippen LogP contribution in [0.2, 0.25) is 0 Å². The molecule has 2 nitrogen and oxygen atoms in total. The Morgan fingerprint density at radius 3 is 3.05 bits per heavy atom. The maximum atomic E-state index is 10.7. The lowest BCUT2D eigenvalue weighted by Gasteiger charge is -2.25. The van der Waals surface area contributed by atoms with E-state index in [1.165, 1.54) is 24.8 Å². The third-order valence-corrected chi connectivity index (χ3v) is 4.89. The lowest BCUT2D eigenvalue weighted by molar-refractivity contribution is 0.104. The van der Waals surface area contributed by atoms with Gasteiger partial charge in [0.05, 0.1) is 12.7 Å². The molecule has 2 heteroatoms. The molecule has 19 heavy (non-hydrogen) atoms. The molecule has 1 aromatic carbocycles. The first-order chi connectivity index (χ1) is 9.29. The smallest absolute Gasteiger partial charge is 0.128 e. The summed E-state index contributed by atoms with van der Waals surface area (Å²) in [6.45, 7) is 3.05. The predicted molar refractivity (Wildman–Crippen MR) is 76.3 cm³/mol. The summed E-state index contributed by atoms with van der Waals surface area (Å²) in [6, 6.07) is 6.25. The Labute approximate surface area is 115 Å². The van der Waals surface area contributed by atoms with Crippen LogP contribution in [0.1, 0.15) is 56.3 Å². The van der Waals surface area contributed by atoms with E-state index in [4.69, 9.17) is 4.74 Å². The van der Waals surface area contributed by atoms with Crippen LogP contribution in [0.5, 0.6) is 5.75 Å². The van der Waals surface area contributed by atoms with E-state index in [0.29, 0.717) is 5.92 Å². The van der Waals surface area contributed by atoms with Crippen LogP contribution in [0.15, 0.2) is 18.2 Å². The molecule has 0 bridgehead atoms. The van der Waals surface area contributed by atoms with Crippen molar-refractivity contribution in [3.63, 3.8) is 0 Å². The topological polar surface area (TPSA) is 29.5 Å². The fourth-order valence-electron chi connectivity index (χ4n) is 3.67. The van der Waals surface area contributed by atoms with Crippen LogP contribution in [-0.2, 0) is 6.42 Å². The van der Waals surface area contributed by atoms with Crippen molar-refractivity contribution in [2.24, 2.45) is 11.8 Å². The molecule has 104 valence electrons. The minimum absolute atomic E-state index is 0.343. The van der Waals surface area contributed by atoms with E-state index >= 15 is 0 Å². The molecule has 0 saturated heterocycles. The van der Waals surface area contributed by atoms with E-state index in [1.54, 1.807) is 0 Å². The minimum atomic E-state index is -0.343. The molecule has 3 unspecified atom stereocenters. The van der Waals surface area contributed by atoms with E-state index < -0.39 is 0 Å². The molecule has 1 aromatic rings. The van der Waals surface area contributed by atoms with Crippen LogP contribution < -0.4 is 4.74 Å². The van der Waals surface area contributed by atoms with Crippen molar-refractivity contribution in [1.82, 2.24) is 0 Å². The zero-order valence-corrected chi connectivity index (χ0v) is 11.8. The van der Waals surface area contributed by atoms with Crippen molar-refractivity contribution >= 4 is 0 Å². The molecule has 1 N–H and O–H groups in total. The van der Waals surface area contributed by atoms with E-state index in [2.05, 4.69) is 19.1 Å². The molecule has 3 rings (SSSR count). The summed E-state index contributed by atoms with van der Waals surface area (Å²) in [5.74, 6) is 2.20. The third kappa shape index (κ3) is 2.51. The van der Waals surface area contributed by atoms with Crippen molar-refractivity contribution in [2.45, 2.75) is 51.6 Å². The highest BCUT2D eigenvalue weighted by Crippen LogP contribution is 2.43. The Bertz CT molecular complexity index is 441. The van der Waals surface area contributed by atoms with Gasteiger partial charge in [-0.15, -0.1) is 0 Å². The van der Waals surface area contributed by atoms with Gasteiger partial charge in [-0.3, -0.25) is 0 Å². The van der Waals surface area contributed by atoms with Crippen molar-refractivity contribution in [2.75, 3.05) is 6.61 Å². The van der Waals surface area contributed by atoms with Crippen LogP contribution in [0.25, 0.3) is 0 Å². The number of para-hydroxylation sites is 1. The summed E-state index contributed by atoms with van der Waals surface area (Å²) in [5, 5.41) is 10.7. The number of aryl methyl sites for hydroxylation is 1. The van der Waals surface area contributed by atoms with Gasteiger partial charge in [-0.25, -0.2) is 0 Å². The Morgan fingerprint density at radius 1 is 1.37 bits per heavy atom. The number of aliphatic hydroxyl groups excluding tert-OH is 1. The summed E-state index contributed by atoms with van der Waals surface area (Å²) >= 11 is 0. The zero-order chi connectivity index (χ0) is 13.2. The van der Waals surface area contributed by atoms with Gasteiger partial charge >= 0.3 is 0 Å². The second-order valence-corrected chi connectivity index (χ2v) is 6.08. The van der Waals surface area contributed by atoms with E-state index in [-0.39, 0.29) is 6.10 Å². The molecular weight excluding hydrogens is 236 g/mol. The van der Waals surface area contributed by atoms with Crippen LogP contribution in [0, 0.1) is 11.8 Å². The molecule has 0 spiro atoms. The molecule has 1 heterocycles. The Kier molecular flexibility index (Phi) is 3.79. The van der Waals surface area contributed by atoms with Crippen LogP contribution in [-0.4, -0.2) is 11.7 Å². The summed E-state index contributed by atoms with van der Waals surface area (Å²) in [6.07, 6.45) is 6.67. The van der Waals surface area contributed by atoms with Gasteiger partial charge in [0.2, 0.25) is 0 Å². The Hall–Kier alpha value is -1.02. The number of fused-ring (bicyclic) bond motifs is 1. The molecule has 0 radical (unpaired) electrons. The minimum Gasteiger partial charge on any atom is -0.493 e. The number of ether oxygens (including phenoxy) is 1. The lowest BCUT2D eigenvalue weighted by atomic mass is 9.90. The maximum Gasteiger partial charge on any atom is 0.128 e. The van der Waals surface area contributed by atoms with Crippen molar-refractivity contribution in [3.8, 4) is 5.75 Å². The maximum absolute atomic E-state index is 10.7. The van der Waals surface area contributed by atoms with Crippen molar-refractivity contribution in [1.29, 1.82) is 0 Å². The fourth-order valence-corrected chi connectivity index (χ4v) is 3.67. The lowest BCUT2D eigenvalue weighted by Crippen LogP contribution is -2.15. The molecule has 1 aliphatic heterocycles. The van der Waals surface area contributed by atoms with Gasteiger partial charge in [0.15, 0.2) is 0 Å². The van der Waals surface area contributed by atoms with Gasteiger partial charge in [-0.1, -0.05) is 38.0 Å². The highest BCUT2D eigenvalue weighted by Gasteiger charge is 2.32. The van der Waals surface area contributed by atoms with Crippen LogP contribution in [0.3, 0.4) is 0 Å². The summed E-state index contributed by atoms with van der Waals surface area (Å²) in [5.41, 5.74) is 2.30. The van der Waals surface area contributed by atoms with Gasteiger partial charge in [0.25, 0.3) is 0 Å². The molecule has 3 atom stereocenters.